The van der Waals surface area contributed by atoms with E-state index in [1.165, 1.54) is 11.1 Å². The van der Waals surface area contributed by atoms with Crippen molar-refractivity contribution in [2.75, 3.05) is 0 Å². The van der Waals surface area contributed by atoms with E-state index in [0.29, 0.717) is 11.1 Å². The molecule has 0 saturated heterocycles. The maximum atomic E-state index is 2.52. The summed E-state index contributed by atoms with van der Waals surface area (Å²) in [5, 5.41) is 0. The van der Waals surface area contributed by atoms with Crippen LogP contribution in [0.2, 0.25) is 6.55 Å². The van der Waals surface area contributed by atoms with Crippen LogP contribution in [-0.2, 0) is 0 Å². The van der Waals surface area contributed by atoms with E-state index < -0.39 is 8.80 Å². The van der Waals surface area contributed by atoms with Crippen LogP contribution in [0.5, 0.6) is 0 Å². The molecule has 0 amide bonds. The monoisotopic (exact) mass is 282 g/mol. The van der Waals surface area contributed by atoms with Crippen LogP contribution in [0, 0.1) is 0 Å². The predicted molar refractivity (Wildman–Crippen MR) is 96.6 cm³/mol. The molecule has 0 radical (unpaired) electrons. The summed E-state index contributed by atoms with van der Waals surface area (Å²) in [7, 11) is -0.955. The molecule has 0 aliphatic heterocycles. The second-order valence-electron chi connectivity index (χ2n) is 5.89. The molecule has 4 rings (SSSR count). The van der Waals surface area contributed by atoms with E-state index in [2.05, 4.69) is 79.4 Å². The minimum atomic E-state index is -0.955. The molecule has 2 atom stereocenters. The topological polar surface area (TPSA) is 0 Å². The molecule has 0 nitrogen and oxygen atoms in total. The number of hydrogen-bond donors (Lipinski definition) is 0. The maximum absolute atomic E-state index is 2.52. The van der Waals surface area contributed by atoms with Crippen LogP contribution < -0.4 is 0 Å². The zero-order valence-corrected chi connectivity index (χ0v) is 12.8. The van der Waals surface area contributed by atoms with E-state index >= 15 is 0 Å². The number of allylic oxidation sites excluding steroid dienone is 2. The summed E-state index contributed by atoms with van der Waals surface area (Å²) in [6.07, 6.45) is 9.51. The number of fused-ring (bicyclic) bond motifs is 2. The Hall–Kier alpha value is -1.27. The van der Waals surface area contributed by atoms with Crippen molar-refractivity contribution in [2.45, 2.75) is 17.6 Å². The van der Waals surface area contributed by atoms with Crippen molar-refractivity contribution in [3.8, 4) is 0 Å². The summed E-state index contributed by atoms with van der Waals surface area (Å²) in [4.78, 5) is 0. The van der Waals surface area contributed by atoms with Gasteiger partial charge in [0, 0.05) is 0 Å². The molecule has 0 heterocycles. The molecule has 0 spiro atoms. The Bertz CT molecular complexity index is 656. The van der Waals surface area contributed by atoms with E-state index in [0.717, 1.165) is 0 Å². The van der Waals surface area contributed by atoms with Gasteiger partial charge < -0.3 is 0 Å². The molecular weight excluding hydrogens is 263 g/mol. The molecule has 0 saturated carbocycles. The summed E-state index contributed by atoms with van der Waals surface area (Å²) in [6.45, 7) is 2.52. The van der Waals surface area contributed by atoms with Gasteiger partial charge in [0.1, 0.15) is 0 Å². The van der Waals surface area contributed by atoms with Gasteiger partial charge in [-0.2, -0.15) is 0 Å². The average molecular weight is 282 g/mol. The fraction of sp³-hybridized carbons (Fsp3) is 0.158. The second kappa shape index (κ2) is 5.85. The molecular formula is C19H19LiSi. The molecule has 2 aliphatic rings. The van der Waals surface area contributed by atoms with E-state index in [1.807, 2.05) is 0 Å². The third-order valence-electron chi connectivity index (χ3n) is 4.81. The zero-order valence-electron chi connectivity index (χ0n) is 11.7. The molecule has 2 aliphatic carbocycles. The molecule has 0 bridgehead atoms. The first-order valence-electron chi connectivity index (χ1n) is 7.39. The molecule has 21 heavy (non-hydrogen) atoms. The van der Waals surface area contributed by atoms with Crippen molar-refractivity contribution < 1.29 is 0 Å². The Labute approximate surface area is 140 Å². The first kappa shape index (κ1) is 14.7. The van der Waals surface area contributed by atoms with Crippen LogP contribution >= 0.6 is 0 Å². The van der Waals surface area contributed by atoms with Crippen LogP contribution in [0.3, 0.4) is 0 Å². The molecule has 0 N–H and O–H groups in total. The van der Waals surface area contributed by atoms with Crippen molar-refractivity contribution in [2.24, 2.45) is 0 Å². The molecule has 100 valence electrons. The van der Waals surface area contributed by atoms with Gasteiger partial charge in [0.25, 0.3) is 0 Å². The molecule has 0 aromatic heterocycles. The van der Waals surface area contributed by atoms with E-state index in [-0.39, 0.29) is 18.9 Å². The first-order chi connectivity index (χ1) is 9.84. The van der Waals surface area contributed by atoms with Gasteiger partial charge in [0.05, 0.1) is 8.80 Å². The Morgan fingerprint density at radius 3 is 1.62 bits per heavy atom. The van der Waals surface area contributed by atoms with Crippen molar-refractivity contribution in [1.29, 1.82) is 0 Å². The Kier molecular flexibility index (Phi) is 4.09. The Morgan fingerprint density at radius 1 is 0.714 bits per heavy atom. The van der Waals surface area contributed by atoms with Crippen LogP contribution in [0.25, 0.3) is 12.2 Å². The predicted octanol–water partition coefficient (Wildman–Crippen LogP) is 3.89. The van der Waals surface area contributed by atoms with Gasteiger partial charge in [-0.05, 0) is 33.3 Å². The molecule has 2 heteroatoms. The minimum absolute atomic E-state index is 0. The van der Waals surface area contributed by atoms with E-state index in [9.17, 15) is 0 Å². The van der Waals surface area contributed by atoms with Crippen molar-refractivity contribution in [3.05, 3.63) is 82.9 Å². The third kappa shape index (κ3) is 2.40. The molecule has 2 aromatic rings. The summed E-state index contributed by atoms with van der Waals surface area (Å²) >= 11 is 0. The Morgan fingerprint density at radius 2 is 1.14 bits per heavy atom. The summed E-state index contributed by atoms with van der Waals surface area (Å²) in [5.41, 5.74) is 7.28. The fourth-order valence-corrected chi connectivity index (χ4v) is 6.80. The Balaban J connectivity index is 0.00000132. The van der Waals surface area contributed by atoms with Crippen LogP contribution in [0.15, 0.2) is 60.7 Å². The average Bonchev–Trinajstić information content (AvgIpc) is 3.11. The summed E-state index contributed by atoms with van der Waals surface area (Å²) < 4.78 is 0. The fourth-order valence-electron chi connectivity index (χ4n) is 3.69. The number of rotatable bonds is 2. The SMILES string of the molecule is C[SiH](C1C=Cc2ccccc21)C1C=Cc2ccccc21.[LiH]. The third-order valence-corrected chi connectivity index (χ3v) is 8.24. The van der Waals surface area contributed by atoms with E-state index in [4.69, 9.17) is 0 Å². The van der Waals surface area contributed by atoms with Crippen molar-refractivity contribution >= 4 is 39.8 Å². The summed E-state index contributed by atoms with van der Waals surface area (Å²) in [5.74, 6) is 0. The van der Waals surface area contributed by atoms with Gasteiger partial charge in [-0.15, -0.1) is 0 Å². The quantitative estimate of drug-likeness (QED) is 0.733. The molecule has 2 aromatic carbocycles. The first-order valence-corrected chi connectivity index (χ1v) is 9.87. The van der Waals surface area contributed by atoms with Gasteiger partial charge in [-0.1, -0.05) is 79.4 Å². The standard InChI is InChI=1S/C19H18Si.Li.H/c1-20(18-12-10-14-6-2-4-8-16(14)18)19-13-11-15-7-3-5-9-17(15)19;;/h2-13,18-20H,1H3;;. The number of hydrogen-bond acceptors (Lipinski definition) is 0. The van der Waals surface area contributed by atoms with Gasteiger partial charge in [-0.25, -0.2) is 0 Å². The van der Waals surface area contributed by atoms with Gasteiger partial charge in [-0.3, -0.25) is 0 Å². The second-order valence-corrected chi connectivity index (χ2v) is 9.04. The van der Waals surface area contributed by atoms with Crippen molar-refractivity contribution in [3.63, 3.8) is 0 Å². The van der Waals surface area contributed by atoms with Gasteiger partial charge in [0.2, 0.25) is 0 Å². The number of benzene rings is 2. The zero-order chi connectivity index (χ0) is 13.5. The normalized spacial score (nSPS) is 22.5. The van der Waals surface area contributed by atoms with E-state index in [1.54, 1.807) is 11.1 Å². The van der Waals surface area contributed by atoms with Gasteiger partial charge >= 0.3 is 18.9 Å². The molecule has 2 unspecified atom stereocenters. The molecule has 0 fully saturated rings. The summed E-state index contributed by atoms with van der Waals surface area (Å²) in [6, 6.07) is 17.8. The van der Waals surface area contributed by atoms with Crippen LogP contribution in [-0.4, -0.2) is 27.7 Å². The van der Waals surface area contributed by atoms with Crippen LogP contribution in [0.4, 0.5) is 0 Å². The van der Waals surface area contributed by atoms with Crippen molar-refractivity contribution in [1.82, 2.24) is 0 Å². The van der Waals surface area contributed by atoms with Crippen LogP contribution in [0.1, 0.15) is 33.3 Å². The van der Waals surface area contributed by atoms with Gasteiger partial charge in [0.15, 0.2) is 0 Å².